The maximum Gasteiger partial charge on any atom is 0.198 e. The molecule has 0 spiro atoms. The van der Waals surface area contributed by atoms with Crippen molar-refractivity contribution in [1.82, 2.24) is 29.2 Å². The molecular weight excluding hydrogens is 364 g/mol. The molecule has 0 bridgehead atoms. The van der Waals surface area contributed by atoms with Crippen molar-refractivity contribution in [3.63, 3.8) is 0 Å². The number of imidazole rings is 1. The van der Waals surface area contributed by atoms with Gasteiger partial charge in [-0.25, -0.2) is 4.98 Å². The van der Waals surface area contributed by atoms with Gasteiger partial charge >= 0.3 is 0 Å². The molecule has 144 valence electrons. The zero-order valence-electron chi connectivity index (χ0n) is 15.5. The molecule has 1 saturated heterocycles. The van der Waals surface area contributed by atoms with E-state index in [0.717, 1.165) is 54.3 Å². The zero-order chi connectivity index (χ0) is 18.8. The average molecular weight is 388 g/mol. The van der Waals surface area contributed by atoms with Crippen molar-refractivity contribution in [3.05, 3.63) is 42.4 Å². The molecule has 4 heterocycles. The minimum atomic E-state index is -0.495. The van der Waals surface area contributed by atoms with E-state index < -0.39 is 6.10 Å². The Morgan fingerprint density at radius 3 is 2.74 bits per heavy atom. The van der Waals surface area contributed by atoms with E-state index in [-0.39, 0.29) is 5.92 Å². The molecule has 0 unspecified atom stereocenters. The number of nitrogens with zero attached hydrogens (tertiary/aromatic N) is 6. The highest BCUT2D eigenvalue weighted by molar-refractivity contribution is 7.99. The number of aromatic nitrogens is 5. The molecule has 1 aliphatic heterocycles. The summed E-state index contributed by atoms with van der Waals surface area (Å²) in [7, 11) is 3.84. The molecule has 27 heavy (non-hydrogen) atoms. The number of aryl methyl sites for hydroxylation is 2. The predicted molar refractivity (Wildman–Crippen MR) is 100 cm³/mol. The molecular formula is C18H24N6O2S. The van der Waals surface area contributed by atoms with Gasteiger partial charge in [0.25, 0.3) is 0 Å². The van der Waals surface area contributed by atoms with Gasteiger partial charge in [-0.15, -0.1) is 10.2 Å². The lowest BCUT2D eigenvalue weighted by Crippen LogP contribution is -2.35. The number of aliphatic hydroxyl groups excluding tert-OH is 1. The molecule has 3 aromatic heterocycles. The third-order valence-electron chi connectivity index (χ3n) is 5.08. The fourth-order valence-electron chi connectivity index (χ4n) is 3.47. The summed E-state index contributed by atoms with van der Waals surface area (Å²) in [5, 5.41) is 20.2. The topological polar surface area (TPSA) is 85.1 Å². The van der Waals surface area contributed by atoms with Crippen LogP contribution in [-0.4, -0.2) is 47.4 Å². The van der Waals surface area contributed by atoms with Crippen LogP contribution >= 0.6 is 11.8 Å². The van der Waals surface area contributed by atoms with E-state index in [1.807, 2.05) is 41.6 Å². The summed E-state index contributed by atoms with van der Waals surface area (Å²) >= 11 is 1.47. The molecule has 0 amide bonds. The number of hydrogen-bond acceptors (Lipinski definition) is 7. The summed E-state index contributed by atoms with van der Waals surface area (Å²) in [5.41, 5.74) is 0. The number of piperidine rings is 1. The second-order valence-electron chi connectivity index (χ2n) is 7.00. The van der Waals surface area contributed by atoms with Crippen LogP contribution in [0.1, 0.15) is 30.5 Å². The van der Waals surface area contributed by atoms with Crippen molar-refractivity contribution in [2.75, 3.05) is 13.1 Å². The summed E-state index contributed by atoms with van der Waals surface area (Å²) in [6.07, 6.45) is 6.70. The van der Waals surface area contributed by atoms with Crippen molar-refractivity contribution >= 4 is 11.8 Å². The second kappa shape index (κ2) is 7.87. The predicted octanol–water partition coefficient (Wildman–Crippen LogP) is 2.24. The van der Waals surface area contributed by atoms with Gasteiger partial charge in [0.2, 0.25) is 0 Å². The summed E-state index contributed by atoms with van der Waals surface area (Å²) in [4.78, 5) is 6.66. The minimum Gasteiger partial charge on any atom is -0.453 e. The maximum atomic E-state index is 10.6. The summed E-state index contributed by atoms with van der Waals surface area (Å²) in [5.74, 6) is 1.95. The van der Waals surface area contributed by atoms with Crippen molar-refractivity contribution < 1.29 is 9.52 Å². The quantitative estimate of drug-likeness (QED) is 0.693. The zero-order valence-corrected chi connectivity index (χ0v) is 16.3. The van der Waals surface area contributed by atoms with Crippen LogP contribution in [0.4, 0.5) is 0 Å². The Bertz CT molecular complexity index is 880. The van der Waals surface area contributed by atoms with Crippen molar-refractivity contribution in [2.45, 2.75) is 35.7 Å². The van der Waals surface area contributed by atoms with E-state index in [4.69, 9.17) is 4.42 Å². The number of likely N-dealkylation sites (tertiary alicyclic amines) is 1. The molecule has 0 radical (unpaired) electrons. The first-order valence-corrected chi connectivity index (χ1v) is 9.90. The lowest BCUT2D eigenvalue weighted by atomic mass is 9.90. The van der Waals surface area contributed by atoms with Crippen LogP contribution in [0.5, 0.6) is 0 Å². The first kappa shape index (κ1) is 18.3. The van der Waals surface area contributed by atoms with Crippen LogP contribution in [0, 0.1) is 5.92 Å². The summed E-state index contributed by atoms with van der Waals surface area (Å²) in [6, 6.07) is 4.00. The Hall–Kier alpha value is -2.10. The molecule has 1 atom stereocenters. The van der Waals surface area contributed by atoms with Crippen LogP contribution in [0.15, 0.2) is 45.5 Å². The van der Waals surface area contributed by atoms with Gasteiger partial charge in [0, 0.05) is 26.5 Å². The standard InChI is InChI=1S/C18H24N6O2S/c1-22-10-7-19-17(22)16(25)13-5-8-24(9-6-13)11-14-3-4-15(26-14)27-18-21-20-12-23(18)2/h3-4,7,10,12-13,16,25H,5-6,8-9,11H2,1-2H3/t16-/m0/s1. The van der Waals surface area contributed by atoms with Crippen molar-refractivity contribution in [1.29, 1.82) is 0 Å². The van der Waals surface area contributed by atoms with Gasteiger partial charge in [-0.3, -0.25) is 4.90 Å². The third kappa shape index (κ3) is 4.10. The average Bonchev–Trinajstić information content (AvgIpc) is 3.39. The van der Waals surface area contributed by atoms with E-state index in [0.29, 0.717) is 0 Å². The molecule has 1 aliphatic rings. The van der Waals surface area contributed by atoms with Crippen LogP contribution < -0.4 is 0 Å². The molecule has 0 aliphatic carbocycles. The molecule has 1 fully saturated rings. The van der Waals surface area contributed by atoms with Gasteiger partial charge in [0.05, 0.1) is 6.54 Å². The molecule has 0 aromatic carbocycles. The number of hydrogen-bond donors (Lipinski definition) is 1. The maximum absolute atomic E-state index is 10.6. The second-order valence-corrected chi connectivity index (χ2v) is 7.97. The fraction of sp³-hybridized carbons (Fsp3) is 0.500. The Morgan fingerprint density at radius 2 is 2.07 bits per heavy atom. The van der Waals surface area contributed by atoms with Crippen LogP contribution in [0.2, 0.25) is 0 Å². The summed E-state index contributed by atoms with van der Waals surface area (Å²) in [6.45, 7) is 2.67. The van der Waals surface area contributed by atoms with Gasteiger partial charge in [0.1, 0.15) is 24.0 Å². The monoisotopic (exact) mass is 388 g/mol. The van der Waals surface area contributed by atoms with E-state index in [9.17, 15) is 5.11 Å². The first-order chi connectivity index (χ1) is 13.1. The Labute approximate surface area is 162 Å². The first-order valence-electron chi connectivity index (χ1n) is 9.08. The highest BCUT2D eigenvalue weighted by Crippen LogP contribution is 2.31. The number of furan rings is 1. The van der Waals surface area contributed by atoms with E-state index in [1.165, 1.54) is 11.8 Å². The highest BCUT2D eigenvalue weighted by Gasteiger charge is 2.28. The van der Waals surface area contributed by atoms with Gasteiger partial charge in [0.15, 0.2) is 10.2 Å². The molecule has 9 heteroatoms. The largest absolute Gasteiger partial charge is 0.453 e. The normalized spacial score (nSPS) is 17.4. The van der Waals surface area contributed by atoms with Gasteiger partial charge < -0.3 is 18.7 Å². The Kier molecular flexibility index (Phi) is 5.33. The highest BCUT2D eigenvalue weighted by atomic mass is 32.2. The van der Waals surface area contributed by atoms with Crippen molar-refractivity contribution in [2.24, 2.45) is 20.0 Å². The third-order valence-corrected chi connectivity index (χ3v) is 6.05. The summed E-state index contributed by atoms with van der Waals surface area (Å²) < 4.78 is 9.71. The lowest BCUT2D eigenvalue weighted by molar-refractivity contribution is 0.0473. The number of aliphatic hydroxyl groups is 1. The van der Waals surface area contributed by atoms with Gasteiger partial charge in [-0.2, -0.15) is 0 Å². The smallest absolute Gasteiger partial charge is 0.198 e. The Morgan fingerprint density at radius 1 is 1.26 bits per heavy atom. The number of rotatable bonds is 6. The fourth-order valence-corrected chi connectivity index (χ4v) is 4.22. The Balaban J connectivity index is 1.29. The molecule has 1 N–H and O–H groups in total. The van der Waals surface area contributed by atoms with Crippen LogP contribution in [0.25, 0.3) is 0 Å². The minimum absolute atomic E-state index is 0.251. The molecule has 3 aromatic rings. The van der Waals surface area contributed by atoms with Crippen LogP contribution in [-0.2, 0) is 20.6 Å². The van der Waals surface area contributed by atoms with Gasteiger partial charge in [-0.05, 0) is 55.7 Å². The van der Waals surface area contributed by atoms with Crippen molar-refractivity contribution in [3.8, 4) is 0 Å². The lowest BCUT2D eigenvalue weighted by Gasteiger charge is -2.33. The van der Waals surface area contributed by atoms with Crippen LogP contribution in [0.3, 0.4) is 0 Å². The molecule has 0 saturated carbocycles. The van der Waals surface area contributed by atoms with Gasteiger partial charge in [-0.1, -0.05) is 0 Å². The molecule has 4 rings (SSSR count). The van der Waals surface area contributed by atoms with E-state index >= 15 is 0 Å². The SMILES string of the molecule is Cn1cnnc1Sc1ccc(CN2CCC([C@H](O)c3nccn3C)CC2)o1. The van der Waals surface area contributed by atoms with E-state index in [1.54, 1.807) is 12.5 Å². The molecule has 8 nitrogen and oxygen atoms in total. The van der Waals surface area contributed by atoms with E-state index in [2.05, 4.69) is 20.1 Å².